The van der Waals surface area contributed by atoms with Crippen LogP contribution in [0.15, 0.2) is 120 Å². The SMILES string of the molecule is N#CC(=Cc1ccc(N2N=C(c3ccccc3)CC2c2ccccc2)cc1)c1nn(-c2ccccc2)c(N)c1C#N. The first-order valence-electron chi connectivity index (χ1n) is 13.2. The lowest BCUT2D eigenvalue weighted by Crippen LogP contribution is -2.18. The highest BCUT2D eigenvalue weighted by Gasteiger charge is 2.29. The van der Waals surface area contributed by atoms with Gasteiger partial charge in [0.15, 0.2) is 0 Å². The monoisotopic (exact) mass is 531 g/mol. The number of benzene rings is 4. The molecule has 0 spiro atoms. The van der Waals surface area contributed by atoms with Crippen LogP contribution in [-0.4, -0.2) is 15.5 Å². The Kier molecular flexibility index (Phi) is 6.84. The molecule has 41 heavy (non-hydrogen) atoms. The number of hydrogen-bond acceptors (Lipinski definition) is 6. The summed E-state index contributed by atoms with van der Waals surface area (Å²) in [4.78, 5) is 0. The molecule has 2 N–H and O–H groups in total. The van der Waals surface area contributed by atoms with Crippen molar-refractivity contribution in [3.63, 3.8) is 0 Å². The molecule has 0 saturated heterocycles. The van der Waals surface area contributed by atoms with Gasteiger partial charge in [0.05, 0.1) is 28.7 Å². The maximum absolute atomic E-state index is 10.0. The van der Waals surface area contributed by atoms with Gasteiger partial charge in [-0.05, 0) is 47.0 Å². The van der Waals surface area contributed by atoms with Gasteiger partial charge >= 0.3 is 0 Å². The zero-order chi connectivity index (χ0) is 28.2. The Balaban J connectivity index is 1.34. The van der Waals surface area contributed by atoms with Gasteiger partial charge in [-0.1, -0.05) is 91.0 Å². The van der Waals surface area contributed by atoms with Gasteiger partial charge in [-0.25, -0.2) is 4.68 Å². The van der Waals surface area contributed by atoms with Crippen LogP contribution in [0.4, 0.5) is 11.5 Å². The van der Waals surface area contributed by atoms with Gasteiger partial charge in [0.25, 0.3) is 0 Å². The summed E-state index contributed by atoms with van der Waals surface area (Å²) in [6.07, 6.45) is 2.51. The van der Waals surface area contributed by atoms with E-state index in [0.29, 0.717) is 5.69 Å². The van der Waals surface area contributed by atoms with E-state index < -0.39 is 0 Å². The Morgan fingerprint density at radius 2 is 1.44 bits per heavy atom. The highest BCUT2D eigenvalue weighted by molar-refractivity contribution is 6.03. The van der Waals surface area contributed by atoms with Gasteiger partial charge in [0.2, 0.25) is 0 Å². The second-order valence-electron chi connectivity index (χ2n) is 9.62. The zero-order valence-corrected chi connectivity index (χ0v) is 22.1. The van der Waals surface area contributed by atoms with E-state index in [9.17, 15) is 10.5 Å². The fourth-order valence-electron chi connectivity index (χ4n) is 5.03. The van der Waals surface area contributed by atoms with Crippen molar-refractivity contribution in [3.8, 4) is 17.8 Å². The lowest BCUT2D eigenvalue weighted by atomic mass is 9.98. The van der Waals surface area contributed by atoms with Gasteiger partial charge in [0, 0.05) is 6.42 Å². The Morgan fingerprint density at radius 1 is 0.805 bits per heavy atom. The number of para-hydroxylation sites is 1. The topological polar surface area (TPSA) is 107 Å². The molecule has 2 heterocycles. The third kappa shape index (κ3) is 4.96. The van der Waals surface area contributed by atoms with Crippen molar-refractivity contribution >= 4 is 28.9 Å². The number of aromatic nitrogens is 2. The molecule has 1 aliphatic heterocycles. The molecule has 0 aliphatic carbocycles. The van der Waals surface area contributed by atoms with Crippen LogP contribution in [0, 0.1) is 22.7 Å². The number of allylic oxidation sites excluding steroid dienone is 1. The number of nitriles is 2. The largest absolute Gasteiger partial charge is 0.382 e. The molecule has 0 fully saturated rings. The Labute approximate surface area is 238 Å². The second-order valence-corrected chi connectivity index (χ2v) is 9.62. The van der Waals surface area contributed by atoms with Crippen LogP contribution in [0.2, 0.25) is 0 Å². The minimum absolute atomic E-state index is 0.0607. The standard InChI is InChI=1S/C34H25N7/c35-22-27(33-30(23-36)34(37)41(39-33)28-14-8-3-9-15-28)20-24-16-18-29(19-17-24)40-32(26-12-6-2-7-13-26)21-31(38-40)25-10-4-1-5-11-25/h1-20,32H,21,37H2. The van der Waals surface area contributed by atoms with Crippen molar-refractivity contribution in [2.75, 3.05) is 10.7 Å². The van der Waals surface area contributed by atoms with E-state index in [1.54, 1.807) is 6.08 Å². The van der Waals surface area contributed by atoms with Crippen molar-refractivity contribution in [1.29, 1.82) is 10.5 Å². The van der Waals surface area contributed by atoms with Gasteiger partial charge < -0.3 is 5.73 Å². The van der Waals surface area contributed by atoms with Gasteiger partial charge in [0.1, 0.15) is 29.2 Å². The molecule has 0 saturated carbocycles. The average molecular weight is 532 g/mol. The number of anilines is 2. The van der Waals surface area contributed by atoms with E-state index in [1.807, 2.05) is 91.0 Å². The molecular formula is C34H25N7. The van der Waals surface area contributed by atoms with E-state index in [0.717, 1.165) is 28.9 Å². The van der Waals surface area contributed by atoms with E-state index >= 15 is 0 Å². The van der Waals surface area contributed by atoms with Crippen molar-refractivity contribution in [2.45, 2.75) is 12.5 Å². The van der Waals surface area contributed by atoms with Crippen molar-refractivity contribution in [2.24, 2.45) is 5.10 Å². The predicted octanol–water partition coefficient (Wildman–Crippen LogP) is 6.75. The molecule has 196 valence electrons. The lowest BCUT2D eigenvalue weighted by Gasteiger charge is -2.24. The van der Waals surface area contributed by atoms with Crippen LogP contribution >= 0.6 is 0 Å². The third-order valence-corrected chi connectivity index (χ3v) is 7.08. The molecule has 0 bridgehead atoms. The number of hydrazone groups is 1. The number of nitrogens with zero attached hydrogens (tertiary/aromatic N) is 6. The summed E-state index contributed by atoms with van der Waals surface area (Å²) >= 11 is 0. The molecule has 1 aromatic heterocycles. The summed E-state index contributed by atoms with van der Waals surface area (Å²) in [7, 11) is 0. The molecule has 1 unspecified atom stereocenters. The predicted molar refractivity (Wildman–Crippen MR) is 162 cm³/mol. The number of rotatable bonds is 6. The molecule has 7 heteroatoms. The zero-order valence-electron chi connectivity index (χ0n) is 22.1. The first-order valence-corrected chi connectivity index (χ1v) is 13.2. The first kappa shape index (κ1) is 25.4. The van der Waals surface area contributed by atoms with Crippen molar-refractivity contribution in [3.05, 3.63) is 143 Å². The van der Waals surface area contributed by atoms with Crippen LogP contribution in [-0.2, 0) is 0 Å². The molecule has 1 aliphatic rings. The molecule has 6 rings (SSSR count). The quantitative estimate of drug-likeness (QED) is 0.244. The highest BCUT2D eigenvalue weighted by Crippen LogP contribution is 2.37. The van der Waals surface area contributed by atoms with Crippen LogP contribution in [0.3, 0.4) is 0 Å². The summed E-state index contributed by atoms with van der Waals surface area (Å²) in [6.45, 7) is 0. The maximum atomic E-state index is 10.0. The normalized spacial score (nSPS) is 14.8. The summed E-state index contributed by atoms with van der Waals surface area (Å²) < 4.78 is 1.49. The number of nitrogen functional groups attached to an aromatic ring is 1. The summed E-state index contributed by atoms with van der Waals surface area (Å²) in [5.74, 6) is 0.193. The Bertz CT molecular complexity index is 1820. The van der Waals surface area contributed by atoms with Crippen LogP contribution in [0.25, 0.3) is 17.3 Å². The average Bonchev–Trinajstić information content (AvgIpc) is 3.63. The Hall–Kier alpha value is -5.92. The van der Waals surface area contributed by atoms with Crippen LogP contribution in [0.5, 0.6) is 0 Å². The van der Waals surface area contributed by atoms with Crippen molar-refractivity contribution in [1.82, 2.24) is 9.78 Å². The maximum Gasteiger partial charge on any atom is 0.145 e. The van der Waals surface area contributed by atoms with Crippen molar-refractivity contribution < 1.29 is 0 Å². The summed E-state index contributed by atoms with van der Waals surface area (Å²) in [5.41, 5.74) is 12.7. The second kappa shape index (κ2) is 11.1. The minimum Gasteiger partial charge on any atom is -0.382 e. The molecular weight excluding hydrogens is 506 g/mol. The first-order chi connectivity index (χ1) is 20.2. The molecule has 0 amide bonds. The van der Waals surface area contributed by atoms with E-state index in [-0.39, 0.29) is 28.7 Å². The van der Waals surface area contributed by atoms with E-state index in [1.165, 1.54) is 10.2 Å². The fourth-order valence-corrected chi connectivity index (χ4v) is 5.03. The van der Waals surface area contributed by atoms with E-state index in [2.05, 4.69) is 46.5 Å². The van der Waals surface area contributed by atoms with Crippen LogP contribution in [0.1, 0.15) is 40.4 Å². The number of nitrogens with two attached hydrogens (primary N) is 1. The fraction of sp³-hybridized carbons (Fsp3) is 0.0588. The smallest absolute Gasteiger partial charge is 0.145 e. The lowest BCUT2D eigenvalue weighted by molar-refractivity contribution is 0.709. The number of hydrogen-bond donors (Lipinski definition) is 1. The minimum atomic E-state index is 0.0607. The summed E-state index contributed by atoms with van der Waals surface area (Å²) in [5, 5.41) is 31.4. The third-order valence-electron chi connectivity index (χ3n) is 7.08. The van der Waals surface area contributed by atoms with Gasteiger partial charge in [-0.2, -0.15) is 20.7 Å². The Morgan fingerprint density at radius 3 is 2.07 bits per heavy atom. The molecule has 0 radical (unpaired) electrons. The summed E-state index contributed by atoms with van der Waals surface area (Å²) in [6, 6.07) is 42.2. The van der Waals surface area contributed by atoms with Crippen LogP contribution < -0.4 is 10.7 Å². The van der Waals surface area contributed by atoms with E-state index in [4.69, 9.17) is 10.8 Å². The molecule has 5 aromatic rings. The molecule has 1 atom stereocenters. The molecule has 7 nitrogen and oxygen atoms in total. The molecule has 4 aromatic carbocycles. The van der Waals surface area contributed by atoms with Gasteiger partial charge in [-0.15, -0.1) is 0 Å². The van der Waals surface area contributed by atoms with Gasteiger partial charge in [-0.3, -0.25) is 5.01 Å². The highest BCUT2D eigenvalue weighted by atomic mass is 15.5.